The number of carbonyl (C=O) groups excluding carboxylic acids is 1. The minimum absolute atomic E-state index is 0.0843. The molecule has 0 heterocycles. The Morgan fingerprint density at radius 3 is 2.16 bits per heavy atom. The Balaban J connectivity index is 1.93. The molecule has 7 heteroatoms. The Morgan fingerprint density at radius 1 is 0.906 bits per heavy atom. The van der Waals surface area contributed by atoms with Crippen molar-refractivity contribution in [3.63, 3.8) is 0 Å². The number of hydrogen-bond acceptors (Lipinski definition) is 4. The number of nitrogens with zero attached hydrogens (tertiary/aromatic N) is 1. The Bertz CT molecular complexity index is 1190. The van der Waals surface area contributed by atoms with Gasteiger partial charge in [0.05, 0.1) is 17.2 Å². The molecule has 0 spiro atoms. The Morgan fingerprint density at radius 2 is 1.53 bits per heavy atom. The maximum Gasteiger partial charge on any atom is 0.264 e. The highest BCUT2D eigenvalue weighted by atomic mass is 32.2. The van der Waals surface area contributed by atoms with Crippen LogP contribution in [0.25, 0.3) is 0 Å². The van der Waals surface area contributed by atoms with E-state index < -0.39 is 15.9 Å². The lowest BCUT2D eigenvalue weighted by Crippen LogP contribution is -2.38. The minimum atomic E-state index is -3.99. The predicted octanol–water partition coefficient (Wildman–Crippen LogP) is 4.84. The molecular formula is C25H28N2O4S. The zero-order valence-electron chi connectivity index (χ0n) is 18.8. The molecule has 6 nitrogen and oxygen atoms in total. The first-order chi connectivity index (χ1) is 15.2. The molecule has 32 heavy (non-hydrogen) atoms. The zero-order chi connectivity index (χ0) is 23.3. The van der Waals surface area contributed by atoms with Crippen molar-refractivity contribution in [3.8, 4) is 5.75 Å². The van der Waals surface area contributed by atoms with Crippen molar-refractivity contribution in [1.82, 2.24) is 0 Å². The van der Waals surface area contributed by atoms with Crippen LogP contribution in [-0.4, -0.2) is 27.5 Å². The van der Waals surface area contributed by atoms with E-state index in [0.29, 0.717) is 23.7 Å². The fourth-order valence-electron chi connectivity index (χ4n) is 3.22. The van der Waals surface area contributed by atoms with E-state index in [-0.39, 0.29) is 11.4 Å². The summed E-state index contributed by atoms with van der Waals surface area (Å²) in [6.07, 6.45) is 0. The predicted molar refractivity (Wildman–Crippen MR) is 128 cm³/mol. The molecule has 0 bridgehead atoms. The summed E-state index contributed by atoms with van der Waals surface area (Å²) >= 11 is 0. The minimum Gasteiger partial charge on any atom is -0.494 e. The van der Waals surface area contributed by atoms with Crippen LogP contribution >= 0.6 is 0 Å². The van der Waals surface area contributed by atoms with E-state index in [1.54, 1.807) is 24.3 Å². The van der Waals surface area contributed by atoms with E-state index in [2.05, 4.69) is 5.32 Å². The number of nitrogens with one attached hydrogen (secondary N) is 1. The lowest BCUT2D eigenvalue weighted by atomic mass is 10.1. The summed E-state index contributed by atoms with van der Waals surface area (Å²) in [5, 5.41) is 2.85. The van der Waals surface area contributed by atoms with Gasteiger partial charge in [-0.3, -0.25) is 9.10 Å². The van der Waals surface area contributed by atoms with Gasteiger partial charge in [0, 0.05) is 5.69 Å². The van der Waals surface area contributed by atoms with Gasteiger partial charge in [-0.05, 0) is 81.3 Å². The van der Waals surface area contributed by atoms with Gasteiger partial charge in [-0.25, -0.2) is 8.42 Å². The van der Waals surface area contributed by atoms with Crippen LogP contribution in [0, 0.1) is 20.8 Å². The van der Waals surface area contributed by atoms with E-state index in [9.17, 15) is 13.2 Å². The van der Waals surface area contributed by atoms with Crippen LogP contribution in [0.3, 0.4) is 0 Å². The van der Waals surface area contributed by atoms with Gasteiger partial charge in [0.1, 0.15) is 12.3 Å². The van der Waals surface area contributed by atoms with Crippen molar-refractivity contribution in [1.29, 1.82) is 0 Å². The Kier molecular flexibility index (Phi) is 7.20. The van der Waals surface area contributed by atoms with Gasteiger partial charge in [0.2, 0.25) is 5.91 Å². The number of hydrogen-bond donors (Lipinski definition) is 1. The summed E-state index contributed by atoms with van der Waals surface area (Å²) in [7, 11) is -3.99. The molecule has 0 aliphatic rings. The molecular weight excluding hydrogens is 424 g/mol. The standard InChI is InChI=1S/C25H28N2O4S/c1-5-31-22-12-14-23(15-13-22)32(29,30)27(21-10-7-18(2)8-11-21)17-25(28)26-24-16-19(3)6-9-20(24)4/h6-16H,5,17H2,1-4H3,(H,26,28). The van der Waals surface area contributed by atoms with Crippen molar-refractivity contribution >= 4 is 27.3 Å². The normalized spacial score (nSPS) is 11.1. The molecule has 0 saturated carbocycles. The summed E-state index contributed by atoms with van der Waals surface area (Å²) in [4.78, 5) is 13.0. The van der Waals surface area contributed by atoms with Gasteiger partial charge in [0.25, 0.3) is 10.0 Å². The molecule has 1 N–H and O–H groups in total. The van der Waals surface area contributed by atoms with E-state index in [0.717, 1.165) is 21.0 Å². The zero-order valence-corrected chi connectivity index (χ0v) is 19.6. The lowest BCUT2D eigenvalue weighted by molar-refractivity contribution is -0.114. The van der Waals surface area contributed by atoms with Crippen molar-refractivity contribution in [2.75, 3.05) is 22.8 Å². The van der Waals surface area contributed by atoms with Crippen LogP contribution in [0.5, 0.6) is 5.75 Å². The third kappa shape index (κ3) is 5.48. The van der Waals surface area contributed by atoms with Crippen LogP contribution in [0.1, 0.15) is 23.6 Å². The molecule has 3 aromatic rings. The Hall–Kier alpha value is -3.32. The number of carbonyl (C=O) groups is 1. The largest absolute Gasteiger partial charge is 0.494 e. The van der Waals surface area contributed by atoms with Crippen molar-refractivity contribution in [3.05, 3.63) is 83.4 Å². The molecule has 0 fully saturated rings. The number of rotatable bonds is 8. The van der Waals surface area contributed by atoms with Gasteiger partial charge in [-0.2, -0.15) is 0 Å². The van der Waals surface area contributed by atoms with Crippen LogP contribution in [0.2, 0.25) is 0 Å². The average molecular weight is 453 g/mol. The molecule has 0 aliphatic carbocycles. The maximum atomic E-state index is 13.5. The number of ether oxygens (including phenoxy) is 1. The van der Waals surface area contributed by atoms with Crippen LogP contribution in [0.15, 0.2) is 71.6 Å². The second-order valence-electron chi connectivity index (χ2n) is 7.62. The quantitative estimate of drug-likeness (QED) is 0.530. The van der Waals surface area contributed by atoms with E-state index in [4.69, 9.17) is 4.74 Å². The highest BCUT2D eigenvalue weighted by molar-refractivity contribution is 7.92. The number of anilines is 2. The molecule has 3 rings (SSSR count). The molecule has 168 valence electrons. The first kappa shape index (κ1) is 23.3. The number of aryl methyl sites for hydroxylation is 3. The van der Waals surface area contributed by atoms with Crippen molar-refractivity contribution in [2.45, 2.75) is 32.6 Å². The Labute approximate surface area is 189 Å². The topological polar surface area (TPSA) is 75.7 Å². The fourth-order valence-corrected chi connectivity index (χ4v) is 4.64. The molecule has 3 aromatic carbocycles. The van der Waals surface area contributed by atoms with Gasteiger partial charge in [0.15, 0.2) is 0 Å². The fraction of sp³-hybridized carbons (Fsp3) is 0.240. The van der Waals surface area contributed by atoms with Crippen LogP contribution < -0.4 is 14.4 Å². The first-order valence-corrected chi connectivity index (χ1v) is 11.8. The van der Waals surface area contributed by atoms with Gasteiger partial charge >= 0.3 is 0 Å². The molecule has 0 saturated heterocycles. The van der Waals surface area contributed by atoms with Crippen molar-refractivity contribution in [2.24, 2.45) is 0 Å². The summed E-state index contributed by atoms with van der Waals surface area (Å²) in [5.74, 6) is 0.162. The van der Waals surface area contributed by atoms with E-state index in [1.165, 1.54) is 12.1 Å². The van der Waals surface area contributed by atoms with Crippen LogP contribution in [-0.2, 0) is 14.8 Å². The van der Waals surface area contributed by atoms with Crippen molar-refractivity contribution < 1.29 is 17.9 Å². The number of amides is 1. The maximum absolute atomic E-state index is 13.5. The average Bonchev–Trinajstić information content (AvgIpc) is 2.76. The van der Waals surface area contributed by atoms with Gasteiger partial charge in [-0.1, -0.05) is 29.8 Å². The SMILES string of the molecule is CCOc1ccc(S(=O)(=O)N(CC(=O)Nc2cc(C)ccc2C)c2ccc(C)cc2)cc1. The second-order valence-corrected chi connectivity index (χ2v) is 9.48. The third-order valence-electron chi connectivity index (χ3n) is 5.00. The molecule has 0 atom stereocenters. The molecule has 0 aliphatic heterocycles. The summed E-state index contributed by atoms with van der Waals surface area (Å²) in [6.45, 7) is 7.74. The number of sulfonamides is 1. The summed E-state index contributed by atoms with van der Waals surface area (Å²) in [6, 6.07) is 19.0. The molecule has 0 aromatic heterocycles. The summed E-state index contributed by atoms with van der Waals surface area (Å²) < 4.78 is 33.5. The molecule has 1 amide bonds. The van der Waals surface area contributed by atoms with Gasteiger partial charge < -0.3 is 10.1 Å². The van der Waals surface area contributed by atoms with E-state index >= 15 is 0 Å². The summed E-state index contributed by atoms with van der Waals surface area (Å²) in [5.41, 5.74) is 3.98. The first-order valence-electron chi connectivity index (χ1n) is 10.4. The van der Waals surface area contributed by atoms with E-state index in [1.807, 2.05) is 58.0 Å². The smallest absolute Gasteiger partial charge is 0.264 e. The highest BCUT2D eigenvalue weighted by Crippen LogP contribution is 2.26. The number of benzene rings is 3. The lowest BCUT2D eigenvalue weighted by Gasteiger charge is -2.24. The monoisotopic (exact) mass is 452 g/mol. The van der Waals surface area contributed by atoms with Crippen LogP contribution in [0.4, 0.5) is 11.4 Å². The van der Waals surface area contributed by atoms with Gasteiger partial charge in [-0.15, -0.1) is 0 Å². The molecule has 0 radical (unpaired) electrons. The third-order valence-corrected chi connectivity index (χ3v) is 6.79. The second kappa shape index (κ2) is 9.87. The molecule has 0 unspecified atom stereocenters. The highest BCUT2D eigenvalue weighted by Gasteiger charge is 2.27.